The fourth-order valence-corrected chi connectivity index (χ4v) is 4.08. The fourth-order valence-electron chi connectivity index (χ4n) is 4.08. The Labute approximate surface area is 127 Å². The second-order valence-corrected chi connectivity index (χ2v) is 6.51. The van der Waals surface area contributed by atoms with E-state index in [4.69, 9.17) is 4.74 Å². The Morgan fingerprint density at radius 3 is 2.67 bits per heavy atom. The van der Waals surface area contributed by atoms with Crippen molar-refractivity contribution in [2.45, 2.75) is 65.0 Å². The first-order valence-corrected chi connectivity index (χ1v) is 8.29. The van der Waals surface area contributed by atoms with E-state index in [9.17, 15) is 0 Å². The molecule has 0 bridgehead atoms. The monoisotopic (exact) mass is 289 g/mol. The molecule has 4 nitrogen and oxygen atoms in total. The normalized spacial score (nSPS) is 26.3. The molecule has 0 amide bonds. The molecule has 0 aromatic carbocycles. The third-order valence-corrected chi connectivity index (χ3v) is 5.46. The molecule has 2 aliphatic rings. The minimum absolute atomic E-state index is 0.385. The summed E-state index contributed by atoms with van der Waals surface area (Å²) in [4.78, 5) is 11.5. The summed E-state index contributed by atoms with van der Waals surface area (Å²) >= 11 is 0. The molecule has 3 rings (SSSR count). The molecule has 1 aromatic heterocycles. The molecule has 116 valence electrons. The van der Waals surface area contributed by atoms with E-state index in [1.54, 1.807) is 0 Å². The van der Waals surface area contributed by atoms with Crippen LogP contribution in [0.2, 0.25) is 0 Å². The first kappa shape index (κ1) is 14.8. The van der Waals surface area contributed by atoms with Crippen LogP contribution in [-0.4, -0.2) is 35.8 Å². The predicted octanol–water partition coefficient (Wildman–Crippen LogP) is 3.13. The average molecular weight is 289 g/mol. The number of anilines is 1. The Hall–Kier alpha value is -1.16. The van der Waals surface area contributed by atoms with Gasteiger partial charge >= 0.3 is 0 Å². The maximum atomic E-state index is 5.96. The van der Waals surface area contributed by atoms with Crippen LogP contribution in [0.3, 0.4) is 0 Å². The van der Waals surface area contributed by atoms with Gasteiger partial charge in [-0.2, -0.15) is 0 Å². The van der Waals surface area contributed by atoms with Crippen molar-refractivity contribution in [3.05, 3.63) is 17.6 Å². The Bertz CT molecular complexity index is 513. The lowest BCUT2D eigenvalue weighted by atomic mass is 9.50. The van der Waals surface area contributed by atoms with Gasteiger partial charge in [0.15, 0.2) is 0 Å². The maximum Gasteiger partial charge on any atom is 0.132 e. The van der Waals surface area contributed by atoms with Gasteiger partial charge in [0, 0.05) is 36.9 Å². The van der Waals surface area contributed by atoms with Crippen molar-refractivity contribution in [1.82, 2.24) is 9.97 Å². The van der Waals surface area contributed by atoms with Crippen molar-refractivity contribution in [2.75, 3.05) is 18.6 Å². The summed E-state index contributed by atoms with van der Waals surface area (Å²) in [5.41, 5.74) is 1.52. The van der Waals surface area contributed by atoms with Gasteiger partial charge < -0.3 is 9.64 Å². The smallest absolute Gasteiger partial charge is 0.132 e. The molecule has 2 unspecified atom stereocenters. The van der Waals surface area contributed by atoms with E-state index in [2.05, 4.69) is 41.8 Å². The summed E-state index contributed by atoms with van der Waals surface area (Å²) in [6, 6.07) is 2.72. The fraction of sp³-hybridized carbons (Fsp3) is 0.765. The Morgan fingerprint density at radius 2 is 2.10 bits per heavy atom. The van der Waals surface area contributed by atoms with Crippen LogP contribution in [0.25, 0.3) is 0 Å². The Balaban J connectivity index is 1.80. The van der Waals surface area contributed by atoms with E-state index in [0.717, 1.165) is 36.8 Å². The third-order valence-electron chi connectivity index (χ3n) is 5.46. The quantitative estimate of drug-likeness (QED) is 0.834. The minimum atomic E-state index is 0.385. The lowest BCUT2D eigenvalue weighted by Crippen LogP contribution is -2.67. The topological polar surface area (TPSA) is 38.2 Å². The van der Waals surface area contributed by atoms with E-state index in [1.807, 2.05) is 6.92 Å². The molecule has 1 heterocycles. The van der Waals surface area contributed by atoms with Crippen molar-refractivity contribution in [2.24, 2.45) is 5.41 Å². The van der Waals surface area contributed by atoms with Crippen LogP contribution in [0, 0.1) is 12.3 Å². The van der Waals surface area contributed by atoms with Crippen molar-refractivity contribution >= 4 is 5.82 Å². The molecule has 2 saturated carbocycles. The van der Waals surface area contributed by atoms with Gasteiger partial charge in [0.2, 0.25) is 0 Å². The molecule has 21 heavy (non-hydrogen) atoms. The highest BCUT2D eigenvalue weighted by molar-refractivity contribution is 5.43. The largest absolute Gasteiger partial charge is 0.378 e. The number of hydrogen-bond donors (Lipinski definition) is 0. The second-order valence-electron chi connectivity index (χ2n) is 6.51. The highest BCUT2D eigenvalue weighted by Gasteiger charge is 2.60. The summed E-state index contributed by atoms with van der Waals surface area (Å²) in [5, 5.41) is 0. The van der Waals surface area contributed by atoms with Gasteiger partial charge in [-0.1, -0.05) is 13.3 Å². The third kappa shape index (κ3) is 2.33. The van der Waals surface area contributed by atoms with Crippen LogP contribution >= 0.6 is 0 Å². The van der Waals surface area contributed by atoms with E-state index in [0.29, 0.717) is 17.6 Å². The first-order valence-electron chi connectivity index (χ1n) is 8.29. The maximum absolute atomic E-state index is 5.96. The van der Waals surface area contributed by atoms with Gasteiger partial charge in [-0.3, -0.25) is 0 Å². The van der Waals surface area contributed by atoms with Crippen LogP contribution in [0.5, 0.6) is 0 Å². The molecule has 0 radical (unpaired) electrons. The van der Waals surface area contributed by atoms with Gasteiger partial charge in [-0.25, -0.2) is 9.97 Å². The van der Waals surface area contributed by atoms with E-state index in [-0.39, 0.29) is 0 Å². The number of nitrogens with zero attached hydrogens (tertiary/aromatic N) is 3. The molecule has 0 N–H and O–H groups in total. The highest BCUT2D eigenvalue weighted by Crippen LogP contribution is 2.59. The van der Waals surface area contributed by atoms with Gasteiger partial charge in [0.05, 0.1) is 6.10 Å². The molecule has 4 heteroatoms. The number of rotatable bonds is 5. The lowest BCUT2D eigenvalue weighted by molar-refractivity contribution is -0.164. The molecule has 0 saturated heterocycles. The zero-order valence-corrected chi connectivity index (χ0v) is 13.7. The lowest BCUT2D eigenvalue weighted by Gasteiger charge is -2.63. The summed E-state index contributed by atoms with van der Waals surface area (Å²) in [5.74, 6) is 1.95. The summed E-state index contributed by atoms with van der Waals surface area (Å²) in [6.45, 7) is 7.06. The molecule has 2 aliphatic carbocycles. The van der Waals surface area contributed by atoms with E-state index < -0.39 is 0 Å². The van der Waals surface area contributed by atoms with Crippen LogP contribution in [-0.2, 0) is 11.2 Å². The average Bonchev–Trinajstić information content (AvgIpc) is 2.40. The van der Waals surface area contributed by atoms with Crippen LogP contribution in [0.4, 0.5) is 5.82 Å². The standard InChI is InChI=1S/C17H27N3O/c1-5-13-10-16(19-12(3)18-13)20(4)14-11-15(21-6-2)17(14)8-7-9-17/h10,14-15H,5-9,11H2,1-4H3. The molecular weight excluding hydrogens is 262 g/mol. The van der Waals surface area contributed by atoms with Gasteiger partial charge in [-0.15, -0.1) is 0 Å². The van der Waals surface area contributed by atoms with Gasteiger partial charge in [0.1, 0.15) is 11.6 Å². The first-order chi connectivity index (χ1) is 10.1. The highest BCUT2D eigenvalue weighted by atomic mass is 16.5. The van der Waals surface area contributed by atoms with Crippen LogP contribution in [0.1, 0.15) is 51.0 Å². The zero-order chi connectivity index (χ0) is 15.0. The molecule has 1 spiro atoms. The summed E-state index contributed by atoms with van der Waals surface area (Å²) in [6.07, 6.45) is 6.50. The molecule has 2 fully saturated rings. The minimum Gasteiger partial charge on any atom is -0.378 e. The molecule has 0 aliphatic heterocycles. The Kier molecular flexibility index (Phi) is 3.91. The van der Waals surface area contributed by atoms with Crippen LogP contribution in [0.15, 0.2) is 6.07 Å². The number of aryl methyl sites for hydroxylation is 2. The molecular formula is C17H27N3O. The van der Waals surface area contributed by atoms with Gasteiger partial charge in [0.25, 0.3) is 0 Å². The number of aromatic nitrogens is 2. The van der Waals surface area contributed by atoms with Crippen molar-refractivity contribution in [3.63, 3.8) is 0 Å². The van der Waals surface area contributed by atoms with Crippen molar-refractivity contribution < 1.29 is 4.74 Å². The van der Waals surface area contributed by atoms with Crippen LogP contribution < -0.4 is 4.90 Å². The van der Waals surface area contributed by atoms with E-state index in [1.165, 1.54) is 19.3 Å². The molecule has 2 atom stereocenters. The Morgan fingerprint density at radius 1 is 1.33 bits per heavy atom. The summed E-state index contributed by atoms with van der Waals surface area (Å²) < 4.78 is 5.96. The molecule has 1 aromatic rings. The summed E-state index contributed by atoms with van der Waals surface area (Å²) in [7, 11) is 2.19. The predicted molar refractivity (Wildman–Crippen MR) is 84.7 cm³/mol. The van der Waals surface area contributed by atoms with E-state index >= 15 is 0 Å². The van der Waals surface area contributed by atoms with Crippen molar-refractivity contribution in [3.8, 4) is 0 Å². The number of ether oxygens (including phenoxy) is 1. The van der Waals surface area contributed by atoms with Gasteiger partial charge in [-0.05, 0) is 39.5 Å². The zero-order valence-electron chi connectivity index (χ0n) is 13.7. The SMILES string of the molecule is CCOC1CC(N(C)c2cc(CC)nc(C)n2)C12CCC2. The second kappa shape index (κ2) is 5.56. The number of hydrogen-bond acceptors (Lipinski definition) is 4. The van der Waals surface area contributed by atoms with Crippen molar-refractivity contribution in [1.29, 1.82) is 0 Å².